The summed E-state index contributed by atoms with van der Waals surface area (Å²) in [5.41, 5.74) is 0.438. The molecule has 0 aliphatic heterocycles. The van der Waals surface area contributed by atoms with E-state index in [-0.39, 0.29) is 5.76 Å². The Morgan fingerprint density at radius 1 is 1.67 bits per heavy atom. The number of hydrogen-bond donors (Lipinski definition) is 2. The highest BCUT2D eigenvalue weighted by atomic mass is 16.4. The molecule has 82 valence electrons. The van der Waals surface area contributed by atoms with Crippen LogP contribution in [-0.4, -0.2) is 28.0 Å². The molecule has 0 unspecified atom stereocenters. The Hall–Kier alpha value is -1.85. The lowest BCUT2D eigenvalue weighted by atomic mass is 10.2. The SMILES string of the molecule is CC[C@@H](NC(=O)c1ocnc1C)C(=O)O. The smallest absolute Gasteiger partial charge is 0.326 e. The molecule has 1 rings (SSSR count). The summed E-state index contributed by atoms with van der Waals surface area (Å²) < 4.78 is 4.84. The molecule has 1 amide bonds. The molecule has 0 saturated carbocycles. The first-order chi connectivity index (χ1) is 7.06. The Balaban J connectivity index is 2.71. The second-order valence-electron chi connectivity index (χ2n) is 3.04. The van der Waals surface area contributed by atoms with Crippen LogP contribution in [-0.2, 0) is 4.79 Å². The third kappa shape index (κ3) is 2.55. The fraction of sp³-hybridized carbons (Fsp3) is 0.444. The van der Waals surface area contributed by atoms with Gasteiger partial charge in [0.25, 0.3) is 5.91 Å². The number of rotatable bonds is 4. The van der Waals surface area contributed by atoms with Crippen LogP contribution in [0.5, 0.6) is 0 Å². The van der Waals surface area contributed by atoms with Crippen molar-refractivity contribution in [3.63, 3.8) is 0 Å². The molecule has 1 atom stereocenters. The fourth-order valence-electron chi connectivity index (χ4n) is 1.08. The number of aryl methyl sites for hydroxylation is 1. The molecule has 0 fully saturated rings. The van der Waals surface area contributed by atoms with Gasteiger partial charge in [0.1, 0.15) is 6.04 Å². The Morgan fingerprint density at radius 3 is 2.73 bits per heavy atom. The molecular formula is C9H12N2O4. The molecule has 0 aliphatic carbocycles. The van der Waals surface area contributed by atoms with E-state index in [1.165, 1.54) is 0 Å². The van der Waals surface area contributed by atoms with Gasteiger partial charge in [0.05, 0.1) is 5.69 Å². The summed E-state index contributed by atoms with van der Waals surface area (Å²) in [6.07, 6.45) is 1.46. The topological polar surface area (TPSA) is 92.4 Å². The minimum Gasteiger partial charge on any atom is -0.480 e. The lowest BCUT2D eigenvalue weighted by Crippen LogP contribution is -2.40. The van der Waals surface area contributed by atoms with Gasteiger partial charge in [-0.15, -0.1) is 0 Å². The predicted octanol–water partition coefficient (Wildman–Crippen LogP) is 0.576. The normalized spacial score (nSPS) is 12.1. The molecule has 15 heavy (non-hydrogen) atoms. The van der Waals surface area contributed by atoms with Crippen LogP contribution in [0.2, 0.25) is 0 Å². The number of hydrogen-bond acceptors (Lipinski definition) is 4. The van der Waals surface area contributed by atoms with Gasteiger partial charge in [0, 0.05) is 0 Å². The van der Waals surface area contributed by atoms with Crippen LogP contribution >= 0.6 is 0 Å². The van der Waals surface area contributed by atoms with E-state index in [4.69, 9.17) is 9.52 Å². The molecule has 6 nitrogen and oxygen atoms in total. The van der Waals surface area contributed by atoms with E-state index in [0.29, 0.717) is 12.1 Å². The maximum absolute atomic E-state index is 11.5. The van der Waals surface area contributed by atoms with E-state index in [0.717, 1.165) is 6.39 Å². The summed E-state index contributed by atoms with van der Waals surface area (Å²) in [5.74, 6) is -1.57. The van der Waals surface area contributed by atoms with Crippen LogP contribution < -0.4 is 5.32 Å². The number of carbonyl (C=O) groups is 2. The molecule has 6 heteroatoms. The Bertz CT molecular complexity index is 372. The molecule has 1 aromatic heterocycles. The highest BCUT2D eigenvalue weighted by Crippen LogP contribution is 2.05. The van der Waals surface area contributed by atoms with Crippen LogP contribution in [0.3, 0.4) is 0 Å². The summed E-state index contributed by atoms with van der Waals surface area (Å²) in [5, 5.41) is 11.1. The number of aliphatic carboxylic acids is 1. The quantitative estimate of drug-likeness (QED) is 0.761. The average molecular weight is 212 g/mol. The van der Waals surface area contributed by atoms with Crippen molar-refractivity contribution in [1.29, 1.82) is 0 Å². The standard InChI is InChI=1S/C9H12N2O4/c1-3-6(9(13)14)11-8(12)7-5(2)10-4-15-7/h4,6H,3H2,1-2H3,(H,11,12)(H,13,14)/t6-/m1/s1. The maximum atomic E-state index is 11.5. The zero-order chi connectivity index (χ0) is 11.4. The second-order valence-corrected chi connectivity index (χ2v) is 3.04. The molecular weight excluding hydrogens is 200 g/mol. The van der Waals surface area contributed by atoms with Crippen molar-refractivity contribution in [2.45, 2.75) is 26.3 Å². The summed E-state index contributed by atoms with van der Waals surface area (Å²) in [4.78, 5) is 25.9. The average Bonchev–Trinajstić information content (AvgIpc) is 2.60. The van der Waals surface area contributed by atoms with Crippen LogP contribution in [0, 0.1) is 6.92 Å². The molecule has 0 bridgehead atoms. The first kappa shape index (κ1) is 11.2. The number of aromatic nitrogens is 1. The van der Waals surface area contributed by atoms with Gasteiger partial charge in [0.15, 0.2) is 6.39 Å². The number of nitrogens with zero attached hydrogens (tertiary/aromatic N) is 1. The molecule has 0 saturated heterocycles. The molecule has 1 aromatic rings. The van der Waals surface area contributed by atoms with E-state index < -0.39 is 17.9 Å². The monoisotopic (exact) mass is 212 g/mol. The van der Waals surface area contributed by atoms with Gasteiger partial charge in [-0.3, -0.25) is 4.79 Å². The van der Waals surface area contributed by atoms with Crippen molar-refractivity contribution >= 4 is 11.9 Å². The van der Waals surface area contributed by atoms with Gasteiger partial charge in [0.2, 0.25) is 5.76 Å². The maximum Gasteiger partial charge on any atom is 0.326 e. The molecule has 0 spiro atoms. The minimum atomic E-state index is -1.07. The van der Waals surface area contributed by atoms with Gasteiger partial charge in [-0.2, -0.15) is 0 Å². The molecule has 0 radical (unpaired) electrons. The van der Waals surface area contributed by atoms with Crippen molar-refractivity contribution < 1.29 is 19.1 Å². The summed E-state index contributed by atoms with van der Waals surface area (Å²) in [7, 11) is 0. The molecule has 2 N–H and O–H groups in total. The first-order valence-corrected chi connectivity index (χ1v) is 4.50. The predicted molar refractivity (Wildman–Crippen MR) is 50.4 cm³/mol. The highest BCUT2D eigenvalue weighted by molar-refractivity contribution is 5.94. The van der Waals surface area contributed by atoms with Gasteiger partial charge in [-0.05, 0) is 13.3 Å². The number of carboxylic acid groups (broad SMARTS) is 1. The van der Waals surface area contributed by atoms with E-state index in [1.54, 1.807) is 13.8 Å². The largest absolute Gasteiger partial charge is 0.480 e. The number of carbonyl (C=O) groups excluding carboxylic acids is 1. The zero-order valence-corrected chi connectivity index (χ0v) is 8.48. The highest BCUT2D eigenvalue weighted by Gasteiger charge is 2.21. The summed E-state index contributed by atoms with van der Waals surface area (Å²) in [6.45, 7) is 3.28. The lowest BCUT2D eigenvalue weighted by Gasteiger charge is -2.10. The lowest BCUT2D eigenvalue weighted by molar-refractivity contribution is -0.139. The number of amides is 1. The second kappa shape index (κ2) is 4.59. The first-order valence-electron chi connectivity index (χ1n) is 4.50. The fourth-order valence-corrected chi connectivity index (χ4v) is 1.08. The number of nitrogens with one attached hydrogen (secondary N) is 1. The Morgan fingerprint density at radius 2 is 2.33 bits per heavy atom. The molecule has 0 aromatic carbocycles. The van der Waals surface area contributed by atoms with Gasteiger partial charge in [-0.25, -0.2) is 9.78 Å². The molecule has 1 heterocycles. The van der Waals surface area contributed by atoms with Crippen molar-refractivity contribution in [3.05, 3.63) is 17.8 Å². The zero-order valence-electron chi connectivity index (χ0n) is 8.48. The minimum absolute atomic E-state index is 0.0506. The Labute approximate surface area is 86.3 Å². The third-order valence-electron chi connectivity index (χ3n) is 1.96. The summed E-state index contributed by atoms with van der Waals surface area (Å²) >= 11 is 0. The van der Waals surface area contributed by atoms with E-state index >= 15 is 0 Å². The molecule has 0 aliphatic rings. The van der Waals surface area contributed by atoms with Gasteiger partial charge < -0.3 is 14.8 Å². The van der Waals surface area contributed by atoms with Crippen molar-refractivity contribution in [2.24, 2.45) is 0 Å². The van der Waals surface area contributed by atoms with Gasteiger partial charge >= 0.3 is 5.97 Å². The van der Waals surface area contributed by atoms with Crippen LogP contribution in [0.4, 0.5) is 0 Å². The Kier molecular flexibility index (Phi) is 3.43. The van der Waals surface area contributed by atoms with Crippen LogP contribution in [0.15, 0.2) is 10.8 Å². The van der Waals surface area contributed by atoms with Crippen molar-refractivity contribution in [1.82, 2.24) is 10.3 Å². The summed E-state index contributed by atoms with van der Waals surface area (Å²) in [6, 6.07) is -0.901. The van der Waals surface area contributed by atoms with E-state index in [9.17, 15) is 9.59 Å². The van der Waals surface area contributed by atoms with Crippen LogP contribution in [0.25, 0.3) is 0 Å². The third-order valence-corrected chi connectivity index (χ3v) is 1.96. The van der Waals surface area contributed by atoms with E-state index in [1.807, 2.05) is 0 Å². The van der Waals surface area contributed by atoms with Crippen LogP contribution in [0.1, 0.15) is 29.6 Å². The number of carboxylic acids is 1. The van der Waals surface area contributed by atoms with E-state index in [2.05, 4.69) is 10.3 Å². The van der Waals surface area contributed by atoms with Crippen molar-refractivity contribution in [3.8, 4) is 0 Å². The van der Waals surface area contributed by atoms with Crippen molar-refractivity contribution in [2.75, 3.05) is 0 Å². The number of oxazole rings is 1. The van der Waals surface area contributed by atoms with Gasteiger partial charge in [-0.1, -0.05) is 6.92 Å².